The van der Waals surface area contributed by atoms with Crippen molar-refractivity contribution in [2.24, 2.45) is 5.41 Å². The zero-order chi connectivity index (χ0) is 34.9. The quantitative estimate of drug-likeness (QED) is 0.220. The van der Waals surface area contributed by atoms with Gasteiger partial charge in [0, 0.05) is 18.2 Å². The van der Waals surface area contributed by atoms with E-state index >= 15 is 0 Å². The molecule has 3 rings (SSSR count). The number of aliphatic hydroxyl groups excluding tert-OH is 1. The van der Waals surface area contributed by atoms with Crippen LogP contribution in [0.5, 0.6) is 0 Å². The van der Waals surface area contributed by atoms with Gasteiger partial charge in [-0.25, -0.2) is 0 Å². The molecule has 1 heterocycles. The fourth-order valence-corrected chi connectivity index (χ4v) is 6.67. The molecule has 5 amide bonds. The van der Waals surface area contributed by atoms with Gasteiger partial charge in [-0.2, -0.15) is 0 Å². The zero-order valence-corrected chi connectivity index (χ0v) is 29.1. The van der Waals surface area contributed by atoms with E-state index in [2.05, 4.69) is 21.3 Å². The molecule has 11 nitrogen and oxygen atoms in total. The zero-order valence-electron chi connectivity index (χ0n) is 28.3. The lowest BCUT2D eigenvalue weighted by atomic mass is 9.85. The molecule has 0 spiro atoms. The van der Waals surface area contributed by atoms with Gasteiger partial charge in [0.1, 0.15) is 18.1 Å². The SMILES string of the molecule is CCCNC(=O)C1N(C(=O)[C@@H](O)[C@H](Cc2ccccc2)NC(=O)[C@@H](NC(=O)[C@@H](NC(C)=O)c2ccccc2)C(C)(C)C)CSC1(C)C. The van der Waals surface area contributed by atoms with Gasteiger partial charge < -0.3 is 31.3 Å². The molecule has 1 aliphatic heterocycles. The van der Waals surface area contributed by atoms with E-state index in [0.717, 1.165) is 12.0 Å². The summed E-state index contributed by atoms with van der Waals surface area (Å²) in [5, 5.41) is 22.8. The molecule has 5 atom stereocenters. The lowest BCUT2D eigenvalue weighted by Gasteiger charge is -2.35. The number of amides is 5. The van der Waals surface area contributed by atoms with Crippen molar-refractivity contribution in [3.63, 3.8) is 0 Å². The van der Waals surface area contributed by atoms with E-state index < -0.39 is 64.1 Å². The number of aliphatic hydroxyl groups is 1. The maximum atomic E-state index is 14.0. The first-order valence-electron chi connectivity index (χ1n) is 15.9. The number of thioether (sulfide) groups is 1. The van der Waals surface area contributed by atoms with Crippen molar-refractivity contribution in [3.8, 4) is 0 Å². The van der Waals surface area contributed by atoms with Crippen LogP contribution in [-0.4, -0.2) is 80.9 Å². The first kappa shape index (κ1) is 37.6. The molecule has 0 bridgehead atoms. The number of hydrogen-bond acceptors (Lipinski definition) is 7. The number of carbonyl (C=O) groups is 5. The third kappa shape index (κ3) is 10.0. The molecule has 47 heavy (non-hydrogen) atoms. The number of hydrogen-bond donors (Lipinski definition) is 5. The average Bonchev–Trinajstić information content (AvgIpc) is 3.34. The van der Waals surface area contributed by atoms with Gasteiger partial charge >= 0.3 is 0 Å². The minimum atomic E-state index is -1.69. The largest absolute Gasteiger partial charge is 0.381 e. The second-order valence-corrected chi connectivity index (χ2v) is 15.1. The molecule has 1 fully saturated rings. The fraction of sp³-hybridized carbons (Fsp3) is 0.514. The second kappa shape index (κ2) is 16.3. The lowest BCUT2D eigenvalue weighted by molar-refractivity contribution is -0.148. The van der Waals surface area contributed by atoms with Crippen molar-refractivity contribution in [2.75, 3.05) is 12.4 Å². The van der Waals surface area contributed by atoms with Gasteiger partial charge in [0.15, 0.2) is 6.10 Å². The van der Waals surface area contributed by atoms with Crippen LogP contribution >= 0.6 is 11.8 Å². The Morgan fingerprint density at radius 2 is 1.53 bits per heavy atom. The highest BCUT2D eigenvalue weighted by Gasteiger charge is 2.50. The predicted molar refractivity (Wildman–Crippen MR) is 183 cm³/mol. The van der Waals surface area contributed by atoms with Crippen LogP contribution in [-0.2, 0) is 30.4 Å². The molecular weight excluding hydrogens is 618 g/mol. The first-order chi connectivity index (χ1) is 22.1. The minimum absolute atomic E-state index is 0.111. The number of nitrogens with zero attached hydrogens (tertiary/aromatic N) is 1. The molecule has 0 radical (unpaired) electrons. The van der Waals surface area contributed by atoms with Crippen LogP contribution in [0.4, 0.5) is 0 Å². The minimum Gasteiger partial charge on any atom is -0.381 e. The van der Waals surface area contributed by atoms with E-state index in [1.807, 2.05) is 51.1 Å². The van der Waals surface area contributed by atoms with Gasteiger partial charge in [0.25, 0.3) is 5.91 Å². The summed E-state index contributed by atoms with van der Waals surface area (Å²) < 4.78 is -0.601. The summed E-state index contributed by atoms with van der Waals surface area (Å²) in [6.07, 6.45) is -0.848. The van der Waals surface area contributed by atoms with Gasteiger partial charge in [-0.3, -0.25) is 24.0 Å². The maximum Gasteiger partial charge on any atom is 0.254 e. The number of nitrogens with one attached hydrogen (secondary N) is 4. The highest BCUT2D eigenvalue weighted by molar-refractivity contribution is 8.00. The summed E-state index contributed by atoms with van der Waals surface area (Å²) in [6.45, 7) is 12.8. The van der Waals surface area contributed by atoms with Crippen molar-refractivity contribution < 1.29 is 29.1 Å². The summed E-state index contributed by atoms with van der Waals surface area (Å²) in [6, 6.07) is 13.8. The number of benzene rings is 2. The maximum absolute atomic E-state index is 14.0. The highest BCUT2D eigenvalue weighted by atomic mass is 32.2. The Morgan fingerprint density at radius 1 is 0.936 bits per heavy atom. The monoisotopic (exact) mass is 667 g/mol. The standard InChI is InChI=1S/C35H49N5O6S/c1-8-19-36-32(45)29-35(6,7)47-21-40(29)33(46)27(42)25(20-23-15-11-9-12-16-23)38-31(44)28(34(3,4)5)39-30(43)26(37-22(2)41)24-17-13-10-14-18-24/h9-18,25-29,42H,8,19-21H2,1-7H3,(H,36,45)(H,37,41)(H,38,44)(H,39,43)/t25-,26-,27-,28+,29?/m0/s1. The smallest absolute Gasteiger partial charge is 0.254 e. The Hall–Kier alpha value is -3.90. The van der Waals surface area contributed by atoms with Crippen LogP contribution in [0, 0.1) is 5.41 Å². The van der Waals surface area contributed by atoms with Gasteiger partial charge in [0.2, 0.25) is 23.6 Å². The molecule has 1 unspecified atom stereocenters. The molecule has 256 valence electrons. The molecule has 2 aromatic carbocycles. The van der Waals surface area contributed by atoms with Crippen molar-refractivity contribution in [1.82, 2.24) is 26.2 Å². The van der Waals surface area contributed by atoms with Crippen molar-refractivity contribution in [2.45, 2.75) is 96.3 Å². The van der Waals surface area contributed by atoms with Crippen molar-refractivity contribution >= 4 is 41.3 Å². The fourth-order valence-electron chi connectivity index (χ4n) is 5.53. The Balaban J connectivity index is 1.91. The topological polar surface area (TPSA) is 157 Å². The molecule has 1 saturated heterocycles. The predicted octanol–water partition coefficient (Wildman–Crippen LogP) is 2.69. The summed E-state index contributed by atoms with van der Waals surface area (Å²) in [5.41, 5.74) is 0.506. The van der Waals surface area contributed by atoms with Crippen LogP contribution in [0.1, 0.15) is 72.1 Å². The lowest BCUT2D eigenvalue weighted by Crippen LogP contribution is -2.62. The normalized spacial score (nSPS) is 18.3. The molecule has 1 aliphatic rings. The second-order valence-electron chi connectivity index (χ2n) is 13.5. The molecule has 5 N–H and O–H groups in total. The van der Waals surface area contributed by atoms with Gasteiger partial charge in [0.05, 0.1) is 11.9 Å². The number of carbonyl (C=O) groups excluding carboxylic acids is 5. The van der Waals surface area contributed by atoms with Gasteiger partial charge in [-0.15, -0.1) is 11.8 Å². The molecule has 2 aromatic rings. The average molecular weight is 668 g/mol. The van der Waals surface area contributed by atoms with Crippen molar-refractivity contribution in [1.29, 1.82) is 0 Å². The summed E-state index contributed by atoms with van der Waals surface area (Å²) in [7, 11) is 0. The van der Waals surface area contributed by atoms with Crippen LogP contribution in [0.25, 0.3) is 0 Å². The van der Waals surface area contributed by atoms with Crippen LogP contribution in [0.3, 0.4) is 0 Å². The van der Waals surface area contributed by atoms with E-state index in [1.54, 1.807) is 51.1 Å². The van der Waals surface area contributed by atoms with E-state index in [-0.39, 0.29) is 18.2 Å². The molecule has 0 saturated carbocycles. The number of rotatable bonds is 13. The van der Waals surface area contributed by atoms with Crippen LogP contribution < -0.4 is 21.3 Å². The van der Waals surface area contributed by atoms with Crippen LogP contribution in [0.2, 0.25) is 0 Å². The molecule has 0 aromatic heterocycles. The van der Waals surface area contributed by atoms with E-state index in [4.69, 9.17) is 0 Å². The Morgan fingerprint density at radius 3 is 2.09 bits per heavy atom. The van der Waals surface area contributed by atoms with E-state index in [9.17, 15) is 29.1 Å². The summed E-state index contributed by atoms with van der Waals surface area (Å²) >= 11 is 1.44. The van der Waals surface area contributed by atoms with E-state index in [1.165, 1.54) is 23.6 Å². The highest BCUT2D eigenvalue weighted by Crippen LogP contribution is 2.40. The summed E-state index contributed by atoms with van der Waals surface area (Å²) in [4.78, 5) is 68.2. The Kier molecular flexibility index (Phi) is 13.0. The summed E-state index contributed by atoms with van der Waals surface area (Å²) in [5.74, 6) is -2.39. The first-order valence-corrected chi connectivity index (χ1v) is 16.9. The van der Waals surface area contributed by atoms with E-state index in [0.29, 0.717) is 12.1 Å². The Bertz CT molecular complexity index is 1400. The van der Waals surface area contributed by atoms with Gasteiger partial charge in [-0.1, -0.05) is 88.4 Å². The Labute approximate surface area is 282 Å². The van der Waals surface area contributed by atoms with Crippen molar-refractivity contribution in [3.05, 3.63) is 71.8 Å². The third-order valence-electron chi connectivity index (χ3n) is 8.04. The van der Waals surface area contributed by atoms with Crippen LogP contribution in [0.15, 0.2) is 60.7 Å². The third-order valence-corrected chi connectivity index (χ3v) is 9.42. The molecular formula is C35H49N5O6S. The van der Waals surface area contributed by atoms with Gasteiger partial charge in [-0.05, 0) is 43.2 Å². The molecule has 12 heteroatoms. The molecule has 0 aliphatic carbocycles.